The number of carboxylic acids is 1. The van der Waals surface area contributed by atoms with Crippen LogP contribution in [-0.4, -0.2) is 54.9 Å². The van der Waals surface area contributed by atoms with Gasteiger partial charge in [-0.2, -0.15) is 0 Å². The molecule has 0 atom stereocenters. The van der Waals surface area contributed by atoms with Gasteiger partial charge in [-0.1, -0.05) is 0 Å². The third-order valence-corrected chi connectivity index (χ3v) is 3.37. The number of carbonyl (C=O) groups is 2. The fraction of sp³-hybridized carbons (Fsp3) is 0.818. The molecule has 0 spiro atoms. The minimum Gasteiger partial charge on any atom is -0.481 e. The smallest absolute Gasteiger partial charge is 0.303 e. The van der Waals surface area contributed by atoms with E-state index in [1.807, 2.05) is 13.8 Å². The van der Waals surface area contributed by atoms with Gasteiger partial charge >= 0.3 is 5.97 Å². The van der Waals surface area contributed by atoms with Crippen LogP contribution in [0.5, 0.6) is 0 Å². The summed E-state index contributed by atoms with van der Waals surface area (Å²) in [5.41, 5.74) is 0. The van der Waals surface area contributed by atoms with Gasteiger partial charge in [-0.15, -0.1) is 0 Å². The van der Waals surface area contributed by atoms with Crippen LogP contribution in [0.15, 0.2) is 0 Å². The normalized spacial score (nSPS) is 11.6. The third kappa shape index (κ3) is 8.05. The molecule has 7 heteroatoms. The molecule has 0 saturated carbocycles. The topological polar surface area (TPSA) is 91.8 Å². The van der Waals surface area contributed by atoms with Crippen LogP contribution in [0.25, 0.3) is 0 Å². The van der Waals surface area contributed by atoms with Gasteiger partial charge in [-0.25, -0.2) is 8.42 Å². The standard InChI is InChI=1S/C11H21NO5S/c1-9(2)12(7-4-5-11(14)15)10(13)6-8-18(3,16)17/h9H,4-8H2,1-3H3,(H,14,15). The molecule has 0 aliphatic heterocycles. The zero-order valence-corrected chi connectivity index (χ0v) is 11.9. The van der Waals surface area contributed by atoms with Crippen LogP contribution in [0.2, 0.25) is 0 Å². The summed E-state index contributed by atoms with van der Waals surface area (Å²) < 4.78 is 22.0. The number of aliphatic carboxylic acids is 1. The molecule has 0 saturated heterocycles. The lowest BCUT2D eigenvalue weighted by molar-refractivity contribution is -0.138. The summed E-state index contributed by atoms with van der Waals surface area (Å²) in [6.45, 7) is 3.98. The summed E-state index contributed by atoms with van der Waals surface area (Å²) in [6.07, 6.45) is 1.41. The lowest BCUT2D eigenvalue weighted by Gasteiger charge is -2.26. The molecule has 18 heavy (non-hydrogen) atoms. The van der Waals surface area contributed by atoms with Crippen molar-refractivity contribution in [1.29, 1.82) is 0 Å². The molecule has 0 bridgehead atoms. The van der Waals surface area contributed by atoms with Crippen molar-refractivity contribution in [3.05, 3.63) is 0 Å². The van der Waals surface area contributed by atoms with Gasteiger partial charge in [-0.05, 0) is 20.3 Å². The van der Waals surface area contributed by atoms with E-state index < -0.39 is 15.8 Å². The Balaban J connectivity index is 4.32. The van der Waals surface area contributed by atoms with Crippen LogP contribution in [0.1, 0.15) is 33.1 Å². The first kappa shape index (κ1) is 16.9. The zero-order valence-electron chi connectivity index (χ0n) is 11.0. The predicted molar refractivity (Wildman–Crippen MR) is 68.0 cm³/mol. The molecule has 0 aromatic heterocycles. The highest BCUT2D eigenvalue weighted by molar-refractivity contribution is 7.90. The van der Waals surface area contributed by atoms with Gasteiger partial charge in [0.25, 0.3) is 0 Å². The Labute approximate surface area is 108 Å². The monoisotopic (exact) mass is 279 g/mol. The summed E-state index contributed by atoms with van der Waals surface area (Å²) in [5, 5.41) is 8.53. The van der Waals surface area contributed by atoms with Gasteiger partial charge in [0.1, 0.15) is 9.84 Å². The third-order valence-electron chi connectivity index (χ3n) is 2.42. The molecule has 0 aliphatic carbocycles. The van der Waals surface area contributed by atoms with Gasteiger partial charge < -0.3 is 10.0 Å². The van der Waals surface area contributed by atoms with Gasteiger partial charge in [0, 0.05) is 31.7 Å². The number of carbonyl (C=O) groups excluding carboxylic acids is 1. The molecule has 1 N–H and O–H groups in total. The van der Waals surface area contributed by atoms with Gasteiger partial charge in [-0.3, -0.25) is 9.59 Å². The molecule has 0 rings (SSSR count). The molecule has 6 nitrogen and oxygen atoms in total. The number of hydrogen-bond acceptors (Lipinski definition) is 4. The predicted octanol–water partition coefficient (Wildman–Crippen LogP) is 0.523. The Morgan fingerprint density at radius 1 is 1.22 bits per heavy atom. The second kappa shape index (κ2) is 7.35. The maximum absolute atomic E-state index is 11.8. The van der Waals surface area contributed by atoms with Crippen LogP contribution >= 0.6 is 0 Å². The number of hydrogen-bond donors (Lipinski definition) is 1. The molecule has 0 radical (unpaired) electrons. The van der Waals surface area contributed by atoms with E-state index in [0.717, 1.165) is 6.26 Å². The van der Waals surface area contributed by atoms with Crippen molar-refractivity contribution in [2.75, 3.05) is 18.6 Å². The maximum Gasteiger partial charge on any atom is 0.303 e. The Morgan fingerprint density at radius 3 is 2.17 bits per heavy atom. The highest BCUT2D eigenvalue weighted by Gasteiger charge is 2.18. The number of rotatable bonds is 8. The van der Waals surface area contributed by atoms with E-state index in [-0.39, 0.29) is 30.5 Å². The second-order valence-electron chi connectivity index (χ2n) is 4.56. The van der Waals surface area contributed by atoms with Gasteiger partial charge in [0.15, 0.2) is 0 Å². The number of sulfone groups is 1. The van der Waals surface area contributed by atoms with E-state index >= 15 is 0 Å². The number of amides is 1. The Hall–Kier alpha value is -1.11. The van der Waals surface area contributed by atoms with Crippen LogP contribution < -0.4 is 0 Å². The molecular weight excluding hydrogens is 258 g/mol. The minimum atomic E-state index is -3.15. The summed E-state index contributed by atoms with van der Waals surface area (Å²) in [6, 6.07) is -0.0640. The number of nitrogens with zero attached hydrogens (tertiary/aromatic N) is 1. The maximum atomic E-state index is 11.8. The van der Waals surface area contributed by atoms with Crippen LogP contribution in [0, 0.1) is 0 Å². The zero-order chi connectivity index (χ0) is 14.3. The average Bonchev–Trinajstić information content (AvgIpc) is 2.19. The highest BCUT2D eigenvalue weighted by atomic mass is 32.2. The SMILES string of the molecule is CC(C)N(CCCC(=O)O)C(=O)CCS(C)(=O)=O. The molecule has 0 aromatic carbocycles. The quantitative estimate of drug-likeness (QED) is 0.699. The first-order valence-electron chi connectivity index (χ1n) is 5.82. The molecule has 1 amide bonds. The van der Waals surface area contributed by atoms with E-state index in [9.17, 15) is 18.0 Å². The molecule has 106 valence electrons. The molecule has 0 fully saturated rings. The van der Waals surface area contributed by atoms with Crippen LogP contribution in [-0.2, 0) is 19.4 Å². The first-order valence-corrected chi connectivity index (χ1v) is 7.88. The van der Waals surface area contributed by atoms with Crippen LogP contribution in [0.4, 0.5) is 0 Å². The summed E-state index contributed by atoms with van der Waals surface area (Å²) >= 11 is 0. The van der Waals surface area contributed by atoms with Crippen molar-refractivity contribution >= 4 is 21.7 Å². The Morgan fingerprint density at radius 2 is 1.78 bits per heavy atom. The van der Waals surface area contributed by atoms with E-state index in [0.29, 0.717) is 13.0 Å². The molecular formula is C11H21NO5S. The number of carboxylic acid groups (broad SMARTS) is 1. The fourth-order valence-electron chi connectivity index (χ4n) is 1.49. The second-order valence-corrected chi connectivity index (χ2v) is 6.82. The minimum absolute atomic E-state index is 0.00256. The fourth-order valence-corrected chi connectivity index (χ4v) is 2.03. The molecule has 0 unspecified atom stereocenters. The highest BCUT2D eigenvalue weighted by Crippen LogP contribution is 2.06. The van der Waals surface area contributed by atoms with Gasteiger partial charge in [0.2, 0.25) is 5.91 Å². The Kier molecular flexibility index (Phi) is 6.90. The van der Waals surface area contributed by atoms with Crippen molar-refractivity contribution in [3.63, 3.8) is 0 Å². The lowest BCUT2D eigenvalue weighted by atomic mass is 10.2. The van der Waals surface area contributed by atoms with E-state index in [1.54, 1.807) is 0 Å². The van der Waals surface area contributed by atoms with E-state index in [2.05, 4.69) is 0 Å². The van der Waals surface area contributed by atoms with Crippen molar-refractivity contribution in [2.45, 2.75) is 39.2 Å². The van der Waals surface area contributed by atoms with E-state index in [4.69, 9.17) is 5.11 Å². The average molecular weight is 279 g/mol. The first-order chi connectivity index (χ1) is 8.13. The summed E-state index contributed by atoms with van der Waals surface area (Å²) in [4.78, 5) is 23.7. The molecule has 0 aliphatic rings. The summed E-state index contributed by atoms with van der Waals surface area (Å²) in [5.74, 6) is -1.32. The summed E-state index contributed by atoms with van der Waals surface area (Å²) in [7, 11) is -3.15. The van der Waals surface area contributed by atoms with Crippen molar-refractivity contribution in [1.82, 2.24) is 4.90 Å². The molecule has 0 aromatic rings. The van der Waals surface area contributed by atoms with Crippen molar-refractivity contribution in [3.8, 4) is 0 Å². The van der Waals surface area contributed by atoms with Crippen molar-refractivity contribution in [2.24, 2.45) is 0 Å². The molecule has 0 heterocycles. The Bertz CT molecular complexity index is 388. The van der Waals surface area contributed by atoms with Crippen molar-refractivity contribution < 1.29 is 23.1 Å². The van der Waals surface area contributed by atoms with Gasteiger partial charge in [0.05, 0.1) is 5.75 Å². The van der Waals surface area contributed by atoms with Crippen LogP contribution in [0.3, 0.4) is 0 Å². The largest absolute Gasteiger partial charge is 0.481 e. The van der Waals surface area contributed by atoms with E-state index in [1.165, 1.54) is 4.90 Å². The lowest BCUT2D eigenvalue weighted by Crippen LogP contribution is -2.38.